The van der Waals surface area contributed by atoms with E-state index in [0.29, 0.717) is 0 Å². The molecular weight excluding hydrogens is 568 g/mol. The highest BCUT2D eigenvalue weighted by atomic mass is 35.5. The standard InChI is InChI=1S/C30H37ClN2O9/c1-29(2,3)32-14-15-33(30(4,5)6)25(32)23(28(37)41-10)22(27(36)40-9)24(18-12-11-13-19(31)16-18)42-20(26(35)39-8)17-21(34)38-7/h11-17H,1-10H3/b20-17+,24-22+. The summed E-state index contributed by atoms with van der Waals surface area (Å²) in [5.74, 6) is -4.61. The molecule has 1 heterocycles. The Balaban J connectivity index is 3.26. The summed E-state index contributed by atoms with van der Waals surface area (Å²) in [7, 11) is 4.48. The summed E-state index contributed by atoms with van der Waals surface area (Å²) >= 11 is 6.30. The van der Waals surface area contributed by atoms with Crippen LogP contribution >= 0.6 is 11.6 Å². The lowest BCUT2D eigenvalue weighted by Crippen LogP contribution is -2.45. The van der Waals surface area contributed by atoms with Gasteiger partial charge >= 0.3 is 23.9 Å². The number of nitrogens with zero attached hydrogens (tertiary/aromatic N) is 2. The van der Waals surface area contributed by atoms with Crippen LogP contribution in [-0.2, 0) is 42.9 Å². The SMILES string of the molecule is COC(=O)/C=C(/O/C(=C(/C(=O)OC)C(C(=O)OC)=C1N(C(C)(C)C)C=CN1C(C)(C)C)c1cccc(Cl)c1)C(=O)OC. The van der Waals surface area contributed by atoms with Crippen molar-refractivity contribution in [2.75, 3.05) is 28.4 Å². The van der Waals surface area contributed by atoms with Crippen LogP contribution in [0.25, 0.3) is 5.76 Å². The van der Waals surface area contributed by atoms with Gasteiger partial charge in [0.1, 0.15) is 17.0 Å². The van der Waals surface area contributed by atoms with Crippen molar-refractivity contribution in [1.29, 1.82) is 0 Å². The third-order valence-corrected chi connectivity index (χ3v) is 6.12. The molecule has 2 rings (SSSR count). The van der Waals surface area contributed by atoms with E-state index in [-0.39, 0.29) is 27.7 Å². The zero-order valence-electron chi connectivity index (χ0n) is 25.5. The summed E-state index contributed by atoms with van der Waals surface area (Å²) in [6.07, 6.45) is 4.29. The Kier molecular flexibility index (Phi) is 11.0. The van der Waals surface area contributed by atoms with Crippen LogP contribution in [0, 0.1) is 0 Å². The van der Waals surface area contributed by atoms with Gasteiger partial charge in [-0.05, 0) is 53.7 Å². The third-order valence-electron chi connectivity index (χ3n) is 5.88. The van der Waals surface area contributed by atoms with Crippen LogP contribution < -0.4 is 0 Å². The number of carbonyl (C=O) groups is 4. The number of rotatable bonds is 8. The minimum atomic E-state index is -1.06. The van der Waals surface area contributed by atoms with E-state index in [1.165, 1.54) is 19.2 Å². The summed E-state index contributed by atoms with van der Waals surface area (Å²) in [5.41, 5.74) is -1.67. The van der Waals surface area contributed by atoms with Crippen molar-refractivity contribution in [3.8, 4) is 0 Å². The first kappa shape index (κ1) is 34.0. The quantitative estimate of drug-likeness (QED) is 0.180. The molecule has 0 N–H and O–H groups in total. The van der Waals surface area contributed by atoms with Crippen LogP contribution in [0.15, 0.2) is 65.5 Å². The second kappa shape index (κ2) is 13.6. The first-order valence-electron chi connectivity index (χ1n) is 12.8. The van der Waals surface area contributed by atoms with E-state index >= 15 is 0 Å². The minimum absolute atomic E-state index is 0.167. The molecule has 1 aromatic carbocycles. The van der Waals surface area contributed by atoms with E-state index in [1.807, 2.05) is 41.5 Å². The van der Waals surface area contributed by atoms with Crippen molar-refractivity contribution in [3.05, 3.63) is 76.1 Å². The second-order valence-corrected chi connectivity index (χ2v) is 11.3. The van der Waals surface area contributed by atoms with E-state index in [4.69, 9.17) is 30.5 Å². The van der Waals surface area contributed by atoms with Crippen LogP contribution in [0.1, 0.15) is 47.1 Å². The van der Waals surface area contributed by atoms with Gasteiger partial charge in [-0.1, -0.05) is 23.7 Å². The van der Waals surface area contributed by atoms with Crippen LogP contribution in [0.2, 0.25) is 5.02 Å². The number of halogens is 1. The predicted octanol–water partition coefficient (Wildman–Crippen LogP) is 4.54. The van der Waals surface area contributed by atoms with E-state index in [0.717, 1.165) is 27.4 Å². The van der Waals surface area contributed by atoms with Gasteiger partial charge in [-0.15, -0.1) is 0 Å². The van der Waals surface area contributed by atoms with Crippen molar-refractivity contribution in [2.45, 2.75) is 52.6 Å². The molecule has 12 heteroatoms. The molecule has 1 aliphatic heterocycles. The number of carbonyl (C=O) groups excluding carboxylic acids is 4. The van der Waals surface area contributed by atoms with Gasteiger partial charge in [-0.3, -0.25) is 0 Å². The zero-order valence-corrected chi connectivity index (χ0v) is 26.2. The van der Waals surface area contributed by atoms with E-state index in [1.54, 1.807) is 34.3 Å². The lowest BCUT2D eigenvalue weighted by molar-refractivity contribution is -0.141. The van der Waals surface area contributed by atoms with Crippen LogP contribution in [-0.4, -0.2) is 73.2 Å². The highest BCUT2D eigenvalue weighted by molar-refractivity contribution is 6.30. The van der Waals surface area contributed by atoms with Crippen molar-refractivity contribution < 1.29 is 42.9 Å². The molecule has 0 radical (unpaired) electrons. The van der Waals surface area contributed by atoms with Crippen LogP contribution in [0.3, 0.4) is 0 Å². The molecule has 11 nitrogen and oxygen atoms in total. The maximum atomic E-state index is 13.7. The fraction of sp³-hybridized carbons (Fsp3) is 0.400. The summed E-state index contributed by atoms with van der Waals surface area (Å²) in [6, 6.07) is 6.13. The average Bonchev–Trinajstić information content (AvgIpc) is 3.39. The molecule has 0 fully saturated rings. The van der Waals surface area contributed by atoms with Gasteiger partial charge < -0.3 is 33.5 Å². The van der Waals surface area contributed by atoms with Crippen molar-refractivity contribution >= 4 is 41.2 Å². The van der Waals surface area contributed by atoms with E-state index in [2.05, 4.69) is 4.74 Å². The molecule has 0 spiro atoms. The maximum absolute atomic E-state index is 13.7. The topological polar surface area (TPSA) is 121 Å². The molecule has 0 bridgehead atoms. The Morgan fingerprint density at radius 2 is 1.29 bits per heavy atom. The van der Waals surface area contributed by atoms with Gasteiger partial charge in [0, 0.05) is 34.1 Å². The molecule has 0 atom stereocenters. The summed E-state index contributed by atoms with van der Waals surface area (Å²) < 4.78 is 25.8. The molecule has 0 aromatic heterocycles. The summed E-state index contributed by atoms with van der Waals surface area (Å²) in [6.45, 7) is 11.5. The fourth-order valence-electron chi connectivity index (χ4n) is 3.92. The third kappa shape index (κ3) is 7.73. The second-order valence-electron chi connectivity index (χ2n) is 10.9. The Morgan fingerprint density at radius 3 is 1.71 bits per heavy atom. The summed E-state index contributed by atoms with van der Waals surface area (Å²) in [4.78, 5) is 55.9. The summed E-state index contributed by atoms with van der Waals surface area (Å²) in [5, 5.41) is 0.247. The molecule has 0 aliphatic carbocycles. The normalized spacial score (nSPS) is 14.3. The largest absolute Gasteiger partial charge is 0.466 e. The van der Waals surface area contributed by atoms with Crippen LogP contribution in [0.5, 0.6) is 0 Å². The van der Waals surface area contributed by atoms with E-state index in [9.17, 15) is 19.2 Å². The lowest BCUT2D eigenvalue weighted by Gasteiger charge is -2.41. The van der Waals surface area contributed by atoms with Gasteiger partial charge in [0.2, 0.25) is 5.76 Å². The molecule has 0 amide bonds. The fourth-order valence-corrected chi connectivity index (χ4v) is 4.11. The van der Waals surface area contributed by atoms with Gasteiger partial charge in [0.25, 0.3) is 0 Å². The van der Waals surface area contributed by atoms with Gasteiger partial charge in [0.05, 0.1) is 34.5 Å². The smallest absolute Gasteiger partial charge is 0.374 e. The Bertz CT molecular complexity index is 1340. The average molecular weight is 605 g/mol. The molecule has 0 saturated heterocycles. The molecule has 228 valence electrons. The molecular formula is C30H37ClN2O9. The number of ether oxygens (including phenoxy) is 5. The van der Waals surface area contributed by atoms with E-state index < -0.39 is 46.3 Å². The zero-order chi connectivity index (χ0) is 32.0. The van der Waals surface area contributed by atoms with Gasteiger partial charge in [-0.25, -0.2) is 19.2 Å². The first-order valence-corrected chi connectivity index (χ1v) is 13.1. The Hall–Kier alpha value is -4.25. The highest BCUT2D eigenvalue weighted by Crippen LogP contribution is 2.40. The van der Waals surface area contributed by atoms with Crippen molar-refractivity contribution in [2.24, 2.45) is 0 Å². The monoisotopic (exact) mass is 604 g/mol. The molecule has 0 unspecified atom stereocenters. The number of esters is 4. The number of benzene rings is 1. The molecule has 1 aromatic rings. The maximum Gasteiger partial charge on any atom is 0.374 e. The highest BCUT2D eigenvalue weighted by Gasteiger charge is 2.42. The van der Waals surface area contributed by atoms with Crippen molar-refractivity contribution in [1.82, 2.24) is 9.80 Å². The van der Waals surface area contributed by atoms with Gasteiger partial charge in [0.15, 0.2) is 5.76 Å². The number of hydrogen-bond acceptors (Lipinski definition) is 11. The predicted molar refractivity (Wildman–Crippen MR) is 155 cm³/mol. The molecule has 0 saturated carbocycles. The molecule has 1 aliphatic rings. The Morgan fingerprint density at radius 1 is 0.762 bits per heavy atom. The molecule has 42 heavy (non-hydrogen) atoms. The number of hydrogen-bond donors (Lipinski definition) is 0. The lowest BCUT2D eigenvalue weighted by atomic mass is 9.96. The van der Waals surface area contributed by atoms with Gasteiger partial charge in [-0.2, -0.15) is 0 Å². The minimum Gasteiger partial charge on any atom is -0.466 e. The first-order chi connectivity index (χ1) is 19.5. The number of methoxy groups -OCH3 is 4. The Labute approximate surface area is 250 Å². The van der Waals surface area contributed by atoms with Crippen LogP contribution in [0.4, 0.5) is 0 Å². The van der Waals surface area contributed by atoms with Crippen molar-refractivity contribution in [3.63, 3.8) is 0 Å².